The quantitative estimate of drug-likeness (QED) is 0.757. The van der Waals surface area contributed by atoms with E-state index in [0.717, 1.165) is 14.7 Å². The van der Waals surface area contributed by atoms with Crippen molar-refractivity contribution in [1.29, 1.82) is 0 Å². The predicted molar refractivity (Wildman–Crippen MR) is 90.9 cm³/mol. The van der Waals surface area contributed by atoms with Gasteiger partial charge in [0.25, 0.3) is 0 Å². The van der Waals surface area contributed by atoms with E-state index in [4.69, 9.17) is 5.11 Å². The van der Waals surface area contributed by atoms with Crippen molar-refractivity contribution in [3.05, 3.63) is 27.1 Å². The molecule has 2 amide bonds. The number of carbonyl (C=O) groups is 2. The molecule has 0 spiro atoms. The first kappa shape index (κ1) is 16.6. The lowest BCUT2D eigenvalue weighted by atomic mass is 10.2. The molecule has 1 saturated heterocycles. The number of urea groups is 1. The number of benzene rings is 1. The molecule has 1 aromatic carbocycles. The SMILES string of the molecule is O=C(O)CC1CSCCN1C(=O)Nc1c(Br)cccc1Br. The smallest absolute Gasteiger partial charge is 0.322 e. The van der Waals surface area contributed by atoms with Crippen molar-refractivity contribution in [2.45, 2.75) is 12.5 Å². The monoisotopic (exact) mass is 436 g/mol. The Morgan fingerprint density at radius 1 is 1.38 bits per heavy atom. The fraction of sp³-hybridized carbons (Fsp3) is 0.385. The predicted octanol–water partition coefficient (Wildman–Crippen LogP) is 3.64. The van der Waals surface area contributed by atoms with E-state index in [1.807, 2.05) is 18.2 Å². The Hall–Kier alpha value is -0.730. The first-order valence-electron chi connectivity index (χ1n) is 6.30. The number of hydrogen-bond donors (Lipinski definition) is 2. The number of nitrogens with one attached hydrogen (secondary N) is 1. The summed E-state index contributed by atoms with van der Waals surface area (Å²) >= 11 is 8.46. The number of carboxylic acid groups (broad SMARTS) is 1. The van der Waals surface area contributed by atoms with Gasteiger partial charge in [-0.05, 0) is 44.0 Å². The minimum absolute atomic E-state index is 0.0302. The van der Waals surface area contributed by atoms with Crippen molar-refractivity contribution >= 4 is 61.3 Å². The number of thioether (sulfide) groups is 1. The zero-order valence-corrected chi connectivity index (χ0v) is 15.0. The van der Waals surface area contributed by atoms with Crippen LogP contribution in [0.2, 0.25) is 0 Å². The lowest BCUT2D eigenvalue weighted by molar-refractivity contribution is -0.137. The molecule has 1 atom stereocenters. The molecule has 0 aromatic heterocycles. The molecule has 114 valence electrons. The Bertz CT molecular complexity index is 536. The van der Waals surface area contributed by atoms with Gasteiger partial charge in [0.15, 0.2) is 0 Å². The standard InChI is InChI=1S/C13H14Br2N2O3S/c14-9-2-1-3-10(15)12(9)16-13(20)17-4-5-21-7-8(17)6-11(18)19/h1-3,8H,4-7H2,(H,16,20)(H,18,19). The molecule has 1 aliphatic rings. The average Bonchev–Trinajstić information content (AvgIpc) is 2.43. The summed E-state index contributed by atoms with van der Waals surface area (Å²) in [4.78, 5) is 25.0. The van der Waals surface area contributed by atoms with Crippen molar-refractivity contribution in [3.8, 4) is 0 Å². The zero-order chi connectivity index (χ0) is 15.4. The number of aliphatic carboxylic acids is 1. The highest BCUT2D eigenvalue weighted by Gasteiger charge is 2.29. The second kappa shape index (κ2) is 7.51. The van der Waals surface area contributed by atoms with Crippen molar-refractivity contribution in [2.75, 3.05) is 23.4 Å². The molecule has 1 heterocycles. The van der Waals surface area contributed by atoms with Crippen LogP contribution in [0.3, 0.4) is 0 Å². The van der Waals surface area contributed by atoms with Crippen LogP contribution in [0.5, 0.6) is 0 Å². The number of rotatable bonds is 3. The van der Waals surface area contributed by atoms with Gasteiger partial charge in [-0.3, -0.25) is 4.79 Å². The molecule has 1 aliphatic heterocycles. The van der Waals surface area contributed by atoms with Crippen LogP contribution in [-0.2, 0) is 4.79 Å². The Balaban J connectivity index is 2.12. The molecule has 2 N–H and O–H groups in total. The second-order valence-electron chi connectivity index (χ2n) is 4.55. The van der Waals surface area contributed by atoms with E-state index in [9.17, 15) is 9.59 Å². The van der Waals surface area contributed by atoms with Crippen molar-refractivity contribution in [3.63, 3.8) is 0 Å². The lowest BCUT2D eigenvalue weighted by Gasteiger charge is -2.34. The minimum Gasteiger partial charge on any atom is -0.481 e. The first-order valence-corrected chi connectivity index (χ1v) is 9.04. The summed E-state index contributed by atoms with van der Waals surface area (Å²) in [6, 6.07) is 4.98. The maximum Gasteiger partial charge on any atom is 0.322 e. The average molecular weight is 438 g/mol. The van der Waals surface area contributed by atoms with Gasteiger partial charge in [0.05, 0.1) is 18.2 Å². The molecule has 1 aromatic rings. The highest BCUT2D eigenvalue weighted by molar-refractivity contribution is 9.11. The van der Waals surface area contributed by atoms with Crippen LogP contribution >= 0.6 is 43.6 Å². The maximum atomic E-state index is 12.4. The number of anilines is 1. The van der Waals surface area contributed by atoms with E-state index in [0.29, 0.717) is 18.0 Å². The van der Waals surface area contributed by atoms with Gasteiger partial charge in [-0.1, -0.05) is 6.07 Å². The number of carboxylic acids is 1. The minimum atomic E-state index is -0.887. The van der Waals surface area contributed by atoms with E-state index in [2.05, 4.69) is 37.2 Å². The summed E-state index contributed by atoms with van der Waals surface area (Å²) in [6.45, 7) is 0.552. The van der Waals surface area contributed by atoms with E-state index in [-0.39, 0.29) is 18.5 Å². The highest BCUT2D eigenvalue weighted by Crippen LogP contribution is 2.31. The fourth-order valence-electron chi connectivity index (χ4n) is 2.09. The molecule has 21 heavy (non-hydrogen) atoms. The molecule has 0 aliphatic carbocycles. The Morgan fingerprint density at radius 2 is 2.05 bits per heavy atom. The summed E-state index contributed by atoms with van der Waals surface area (Å²) in [5, 5.41) is 11.8. The van der Waals surface area contributed by atoms with Crippen molar-refractivity contribution < 1.29 is 14.7 Å². The molecule has 0 radical (unpaired) electrons. The maximum absolute atomic E-state index is 12.4. The summed E-state index contributed by atoms with van der Waals surface area (Å²) < 4.78 is 1.54. The van der Waals surface area contributed by atoms with Crippen LogP contribution in [-0.4, -0.2) is 46.1 Å². The van der Waals surface area contributed by atoms with Crippen LogP contribution in [0.15, 0.2) is 27.1 Å². The van der Waals surface area contributed by atoms with Crippen molar-refractivity contribution in [1.82, 2.24) is 4.90 Å². The van der Waals surface area contributed by atoms with Gasteiger partial charge in [0.2, 0.25) is 0 Å². The van der Waals surface area contributed by atoms with E-state index < -0.39 is 5.97 Å². The lowest BCUT2D eigenvalue weighted by Crippen LogP contribution is -2.49. The summed E-state index contributed by atoms with van der Waals surface area (Å²) in [5.74, 6) is 0.583. The first-order chi connectivity index (χ1) is 9.99. The van der Waals surface area contributed by atoms with E-state index >= 15 is 0 Å². The normalized spacial score (nSPS) is 18.4. The molecule has 1 unspecified atom stereocenters. The zero-order valence-electron chi connectivity index (χ0n) is 11.0. The molecule has 1 fully saturated rings. The van der Waals surface area contributed by atoms with Gasteiger partial charge in [-0.25, -0.2) is 4.79 Å². The Kier molecular flexibility index (Phi) is 5.95. The third kappa shape index (κ3) is 4.37. The van der Waals surface area contributed by atoms with Crippen LogP contribution < -0.4 is 5.32 Å². The molecular formula is C13H14Br2N2O3S. The van der Waals surface area contributed by atoms with Crippen LogP contribution in [0.4, 0.5) is 10.5 Å². The topological polar surface area (TPSA) is 69.6 Å². The summed E-state index contributed by atoms with van der Waals surface area (Å²) in [7, 11) is 0. The molecule has 0 saturated carbocycles. The highest BCUT2D eigenvalue weighted by atomic mass is 79.9. The summed E-state index contributed by atoms with van der Waals surface area (Å²) in [5.41, 5.74) is 0.648. The van der Waals surface area contributed by atoms with Gasteiger partial charge in [-0.2, -0.15) is 11.8 Å². The molecule has 5 nitrogen and oxygen atoms in total. The van der Waals surface area contributed by atoms with Crippen LogP contribution in [0, 0.1) is 0 Å². The van der Waals surface area contributed by atoms with Gasteiger partial charge >= 0.3 is 12.0 Å². The molecular weight excluding hydrogens is 424 g/mol. The Morgan fingerprint density at radius 3 is 2.67 bits per heavy atom. The number of halogens is 2. The summed E-state index contributed by atoms with van der Waals surface area (Å²) in [6.07, 6.45) is -0.0302. The fourth-order valence-corrected chi connectivity index (χ4v) is 4.35. The van der Waals surface area contributed by atoms with E-state index in [1.165, 1.54) is 0 Å². The van der Waals surface area contributed by atoms with E-state index in [1.54, 1.807) is 16.7 Å². The van der Waals surface area contributed by atoms with Gasteiger partial charge in [0, 0.05) is 27.0 Å². The number of para-hydroxylation sites is 1. The van der Waals surface area contributed by atoms with Gasteiger partial charge < -0.3 is 15.3 Å². The van der Waals surface area contributed by atoms with Crippen LogP contribution in [0.25, 0.3) is 0 Å². The van der Waals surface area contributed by atoms with Crippen LogP contribution in [0.1, 0.15) is 6.42 Å². The largest absolute Gasteiger partial charge is 0.481 e. The second-order valence-corrected chi connectivity index (χ2v) is 7.41. The Labute approximate surface area is 143 Å². The molecule has 2 rings (SSSR count). The van der Waals surface area contributed by atoms with Gasteiger partial charge in [-0.15, -0.1) is 0 Å². The van der Waals surface area contributed by atoms with Crippen molar-refractivity contribution in [2.24, 2.45) is 0 Å². The molecule has 0 bridgehead atoms. The number of hydrogen-bond acceptors (Lipinski definition) is 3. The number of nitrogens with zero attached hydrogens (tertiary/aromatic N) is 1. The third-order valence-corrected chi connectivity index (χ3v) is 5.51. The molecule has 8 heteroatoms. The van der Waals surface area contributed by atoms with Gasteiger partial charge in [0.1, 0.15) is 0 Å². The number of amides is 2. The third-order valence-electron chi connectivity index (χ3n) is 3.09. The number of carbonyl (C=O) groups excluding carboxylic acids is 1.